The highest BCUT2D eigenvalue weighted by molar-refractivity contribution is 5.79. The molecule has 6 heteroatoms. The summed E-state index contributed by atoms with van der Waals surface area (Å²) in [4.78, 5) is 4.66. The van der Waals surface area contributed by atoms with E-state index in [-0.39, 0.29) is 5.75 Å². The fourth-order valence-corrected chi connectivity index (χ4v) is 3.15. The highest BCUT2D eigenvalue weighted by atomic mass is 16.5. The van der Waals surface area contributed by atoms with Crippen LogP contribution in [0.15, 0.2) is 17.1 Å². The topological polar surface area (TPSA) is 75.1 Å². The third-order valence-corrected chi connectivity index (χ3v) is 5.10. The van der Waals surface area contributed by atoms with Crippen molar-refractivity contribution in [2.24, 2.45) is 10.4 Å². The van der Waals surface area contributed by atoms with Crippen molar-refractivity contribution in [2.45, 2.75) is 46.1 Å². The minimum Gasteiger partial charge on any atom is -0.502 e. The molecule has 1 aliphatic carbocycles. The second-order valence-electron chi connectivity index (χ2n) is 6.60. The fourth-order valence-electron chi connectivity index (χ4n) is 3.15. The third kappa shape index (κ3) is 4.71. The van der Waals surface area contributed by atoms with Crippen LogP contribution in [0.3, 0.4) is 0 Å². The first-order valence-electron chi connectivity index (χ1n) is 9.03. The van der Waals surface area contributed by atoms with Gasteiger partial charge in [0.15, 0.2) is 17.5 Å². The van der Waals surface area contributed by atoms with E-state index in [1.54, 1.807) is 12.1 Å². The first kappa shape index (κ1) is 19.2. The summed E-state index contributed by atoms with van der Waals surface area (Å²) >= 11 is 0. The molecule has 1 aromatic rings. The molecular formula is C19H31N3O3. The zero-order chi connectivity index (χ0) is 18.3. The molecule has 1 fully saturated rings. The van der Waals surface area contributed by atoms with Crippen molar-refractivity contribution in [1.82, 2.24) is 10.6 Å². The molecule has 1 saturated carbocycles. The van der Waals surface area contributed by atoms with Crippen molar-refractivity contribution in [3.8, 4) is 17.2 Å². The van der Waals surface area contributed by atoms with Gasteiger partial charge in [-0.1, -0.05) is 13.3 Å². The molecule has 1 aromatic carbocycles. The molecule has 0 aromatic heterocycles. The average Bonchev–Trinajstić information content (AvgIpc) is 2.59. The predicted molar refractivity (Wildman–Crippen MR) is 101 cm³/mol. The largest absolute Gasteiger partial charge is 0.502 e. The molecule has 2 rings (SSSR count). The molecule has 6 nitrogen and oxygen atoms in total. The number of phenolic OH excluding ortho intramolecular Hbond substituents is 1. The maximum atomic E-state index is 10.00. The van der Waals surface area contributed by atoms with Crippen LogP contribution in [0, 0.1) is 5.41 Å². The highest BCUT2D eigenvalue weighted by Crippen LogP contribution is 2.43. The molecule has 1 aliphatic rings. The minimum atomic E-state index is 0.0117. The highest BCUT2D eigenvalue weighted by Gasteiger charge is 2.34. The van der Waals surface area contributed by atoms with E-state index >= 15 is 0 Å². The summed E-state index contributed by atoms with van der Waals surface area (Å²) in [6.07, 6.45) is 5.12. The molecule has 0 saturated heterocycles. The number of ether oxygens (including phenoxy) is 2. The smallest absolute Gasteiger partial charge is 0.200 e. The van der Waals surface area contributed by atoms with Crippen LogP contribution in [-0.2, 0) is 6.54 Å². The van der Waals surface area contributed by atoms with E-state index in [1.165, 1.54) is 39.9 Å². The monoisotopic (exact) mass is 349 g/mol. The molecule has 0 unspecified atom stereocenters. The maximum absolute atomic E-state index is 10.00. The summed E-state index contributed by atoms with van der Waals surface area (Å²) in [5.74, 6) is 1.61. The fraction of sp³-hybridized carbons (Fsp3) is 0.632. The summed E-state index contributed by atoms with van der Waals surface area (Å²) in [6.45, 7) is 6.56. The van der Waals surface area contributed by atoms with E-state index < -0.39 is 0 Å². The molecule has 0 heterocycles. The number of nitrogens with zero attached hydrogens (tertiary/aromatic N) is 1. The number of benzene rings is 1. The second-order valence-corrected chi connectivity index (χ2v) is 6.60. The van der Waals surface area contributed by atoms with E-state index in [0.29, 0.717) is 23.5 Å². The Bertz CT molecular complexity index is 567. The van der Waals surface area contributed by atoms with Crippen molar-refractivity contribution in [1.29, 1.82) is 0 Å². The molecule has 25 heavy (non-hydrogen) atoms. The van der Waals surface area contributed by atoms with Gasteiger partial charge in [-0.15, -0.1) is 0 Å². The van der Waals surface area contributed by atoms with Crippen molar-refractivity contribution < 1.29 is 14.6 Å². The first-order valence-corrected chi connectivity index (χ1v) is 9.03. The van der Waals surface area contributed by atoms with Gasteiger partial charge in [-0.25, -0.2) is 4.99 Å². The van der Waals surface area contributed by atoms with Gasteiger partial charge >= 0.3 is 0 Å². The Morgan fingerprint density at radius 3 is 2.24 bits per heavy atom. The van der Waals surface area contributed by atoms with Crippen molar-refractivity contribution in [2.75, 3.05) is 27.3 Å². The predicted octanol–water partition coefficient (Wildman–Crippen LogP) is 3.04. The van der Waals surface area contributed by atoms with Gasteiger partial charge < -0.3 is 25.2 Å². The molecule has 0 aliphatic heterocycles. The summed E-state index contributed by atoms with van der Waals surface area (Å²) in [5, 5.41) is 16.8. The second kappa shape index (κ2) is 8.83. The standard InChI is InChI=1S/C19H31N3O3/c1-5-19(8-7-9-19)13-22-18(20-6-2)21-12-14-10-15(24-3)17(23)16(11-14)25-4/h10-11,23H,5-9,12-13H2,1-4H3,(H2,20,21,22). The number of methoxy groups -OCH3 is 2. The van der Waals surface area contributed by atoms with Gasteiger partial charge in [0, 0.05) is 13.1 Å². The van der Waals surface area contributed by atoms with Crippen LogP contribution in [0.4, 0.5) is 0 Å². The zero-order valence-corrected chi connectivity index (χ0v) is 15.8. The lowest BCUT2D eigenvalue weighted by Crippen LogP contribution is -2.46. The molecular weight excluding hydrogens is 318 g/mol. The molecule has 140 valence electrons. The normalized spacial score (nSPS) is 16.1. The van der Waals surface area contributed by atoms with E-state index in [4.69, 9.17) is 9.47 Å². The van der Waals surface area contributed by atoms with Crippen LogP contribution < -0.4 is 20.1 Å². The van der Waals surface area contributed by atoms with Gasteiger partial charge in [0.1, 0.15) is 0 Å². The maximum Gasteiger partial charge on any atom is 0.200 e. The van der Waals surface area contributed by atoms with Gasteiger partial charge in [-0.2, -0.15) is 0 Å². The minimum absolute atomic E-state index is 0.0117. The zero-order valence-electron chi connectivity index (χ0n) is 15.8. The number of aliphatic imine (C=N–C) groups is 1. The molecule has 0 radical (unpaired) electrons. The lowest BCUT2D eigenvalue weighted by atomic mass is 9.67. The van der Waals surface area contributed by atoms with Crippen LogP contribution in [0.1, 0.15) is 45.1 Å². The first-order chi connectivity index (χ1) is 12.1. The van der Waals surface area contributed by atoms with Gasteiger partial charge in [-0.05, 0) is 49.3 Å². The molecule has 0 spiro atoms. The van der Waals surface area contributed by atoms with Gasteiger partial charge in [0.2, 0.25) is 5.75 Å². The number of aromatic hydroxyl groups is 1. The lowest BCUT2D eigenvalue weighted by Gasteiger charge is -2.41. The van der Waals surface area contributed by atoms with Crippen molar-refractivity contribution in [3.63, 3.8) is 0 Å². The van der Waals surface area contributed by atoms with E-state index in [0.717, 1.165) is 24.6 Å². The van der Waals surface area contributed by atoms with Crippen LogP contribution in [0.25, 0.3) is 0 Å². The van der Waals surface area contributed by atoms with Crippen LogP contribution in [0.2, 0.25) is 0 Å². The quantitative estimate of drug-likeness (QED) is 0.497. The summed E-state index contributed by atoms with van der Waals surface area (Å²) in [6, 6.07) is 3.56. The lowest BCUT2D eigenvalue weighted by molar-refractivity contribution is 0.131. The molecule has 0 amide bonds. The Kier molecular flexibility index (Phi) is 6.79. The van der Waals surface area contributed by atoms with Gasteiger partial charge in [0.25, 0.3) is 0 Å². The number of guanidine groups is 1. The molecule has 3 N–H and O–H groups in total. The van der Waals surface area contributed by atoms with Crippen LogP contribution in [0.5, 0.6) is 17.2 Å². The Morgan fingerprint density at radius 1 is 1.16 bits per heavy atom. The average molecular weight is 349 g/mol. The molecule has 0 bridgehead atoms. The Morgan fingerprint density at radius 2 is 1.80 bits per heavy atom. The number of hydrogen-bond donors (Lipinski definition) is 3. The van der Waals surface area contributed by atoms with Gasteiger partial charge in [-0.3, -0.25) is 0 Å². The number of nitrogens with one attached hydrogen (secondary N) is 2. The summed E-state index contributed by atoms with van der Waals surface area (Å²) < 4.78 is 10.4. The van der Waals surface area contributed by atoms with Crippen molar-refractivity contribution in [3.05, 3.63) is 17.7 Å². The number of rotatable bonds is 8. The van der Waals surface area contributed by atoms with Crippen LogP contribution >= 0.6 is 0 Å². The van der Waals surface area contributed by atoms with Crippen LogP contribution in [-0.4, -0.2) is 38.4 Å². The Labute approximate surface area is 150 Å². The number of hydrogen-bond acceptors (Lipinski definition) is 4. The Hall–Kier alpha value is -2.11. The number of phenols is 1. The molecule has 0 atom stereocenters. The summed E-state index contributed by atoms with van der Waals surface area (Å²) in [5.41, 5.74) is 1.35. The van der Waals surface area contributed by atoms with E-state index in [2.05, 4.69) is 29.5 Å². The van der Waals surface area contributed by atoms with Crippen molar-refractivity contribution >= 4 is 5.96 Å². The van der Waals surface area contributed by atoms with E-state index in [9.17, 15) is 5.11 Å². The third-order valence-electron chi connectivity index (χ3n) is 5.10. The van der Waals surface area contributed by atoms with Gasteiger partial charge in [0.05, 0.1) is 20.8 Å². The summed E-state index contributed by atoms with van der Waals surface area (Å²) in [7, 11) is 3.05. The van der Waals surface area contributed by atoms with E-state index in [1.807, 2.05) is 0 Å². The Balaban J connectivity index is 2.07. The SMILES string of the molecule is CCNC(=NCc1cc(OC)c(O)c(OC)c1)NCC1(CC)CCC1.